The number of halogens is 1. The van der Waals surface area contributed by atoms with E-state index in [0.29, 0.717) is 16.7 Å². The topological polar surface area (TPSA) is 29.1 Å². The highest BCUT2D eigenvalue weighted by molar-refractivity contribution is 9.09. The van der Waals surface area contributed by atoms with Crippen molar-refractivity contribution in [2.45, 2.75) is 57.2 Å². The van der Waals surface area contributed by atoms with Crippen LogP contribution in [0.15, 0.2) is 0 Å². The number of nitrogens with one attached hydrogen (secondary N) is 1. The van der Waals surface area contributed by atoms with Gasteiger partial charge in [0.25, 0.3) is 0 Å². The molecule has 1 N–H and O–H groups in total. The van der Waals surface area contributed by atoms with Gasteiger partial charge in [0.05, 0.1) is 0 Å². The molecule has 0 radical (unpaired) electrons. The zero-order valence-electron chi connectivity index (χ0n) is 10.5. The molecular formula is C13H24BrNO. The van der Waals surface area contributed by atoms with E-state index in [1.807, 2.05) is 0 Å². The molecule has 1 atom stereocenters. The van der Waals surface area contributed by atoms with Gasteiger partial charge in [0, 0.05) is 17.8 Å². The Hall–Kier alpha value is -0.0500. The van der Waals surface area contributed by atoms with Gasteiger partial charge in [-0.05, 0) is 24.7 Å². The van der Waals surface area contributed by atoms with E-state index in [0.717, 1.165) is 13.0 Å². The molecule has 1 amide bonds. The zero-order chi connectivity index (χ0) is 12.0. The summed E-state index contributed by atoms with van der Waals surface area (Å²) in [4.78, 5) is 12.0. The van der Waals surface area contributed by atoms with Gasteiger partial charge in [-0.25, -0.2) is 0 Å². The van der Waals surface area contributed by atoms with Crippen molar-refractivity contribution < 1.29 is 4.79 Å². The lowest BCUT2D eigenvalue weighted by Gasteiger charge is -2.25. The second-order valence-corrected chi connectivity index (χ2v) is 6.07. The molecule has 0 spiro atoms. The maximum absolute atomic E-state index is 11.6. The van der Waals surface area contributed by atoms with Crippen LogP contribution < -0.4 is 5.32 Å². The monoisotopic (exact) mass is 289 g/mol. The Kier molecular flexibility index (Phi) is 6.40. The number of carbonyl (C=O) groups is 1. The molecular weight excluding hydrogens is 266 g/mol. The van der Waals surface area contributed by atoms with Gasteiger partial charge in [-0.1, -0.05) is 49.0 Å². The normalized spacial score (nSPS) is 18.2. The highest BCUT2D eigenvalue weighted by atomic mass is 79.9. The van der Waals surface area contributed by atoms with E-state index < -0.39 is 0 Å². The summed E-state index contributed by atoms with van der Waals surface area (Å²) in [5.41, 5.74) is 0. The summed E-state index contributed by atoms with van der Waals surface area (Å²) < 4.78 is 0. The molecule has 0 bridgehead atoms. The van der Waals surface area contributed by atoms with E-state index in [1.54, 1.807) is 0 Å². The Balaban J connectivity index is 2.14. The predicted molar refractivity (Wildman–Crippen MR) is 71.8 cm³/mol. The molecule has 1 fully saturated rings. The van der Waals surface area contributed by atoms with Crippen LogP contribution in [0.2, 0.25) is 0 Å². The van der Waals surface area contributed by atoms with Crippen molar-refractivity contribution in [3.63, 3.8) is 0 Å². The van der Waals surface area contributed by atoms with Gasteiger partial charge in [-0.3, -0.25) is 4.79 Å². The highest BCUT2D eigenvalue weighted by Gasteiger charge is 2.21. The fourth-order valence-corrected chi connectivity index (χ4v) is 3.12. The maximum atomic E-state index is 11.6. The second kappa shape index (κ2) is 7.31. The third-order valence-electron chi connectivity index (χ3n) is 3.75. The van der Waals surface area contributed by atoms with Crippen LogP contribution in [0.4, 0.5) is 0 Å². The first-order chi connectivity index (χ1) is 7.67. The van der Waals surface area contributed by atoms with Crippen molar-refractivity contribution in [1.29, 1.82) is 0 Å². The first-order valence-corrected chi connectivity index (χ1v) is 7.49. The molecule has 94 valence electrons. The average Bonchev–Trinajstić information content (AvgIpc) is 2.22. The fourth-order valence-electron chi connectivity index (χ4n) is 2.21. The van der Waals surface area contributed by atoms with Crippen molar-refractivity contribution in [1.82, 2.24) is 5.32 Å². The van der Waals surface area contributed by atoms with Gasteiger partial charge in [0.15, 0.2) is 0 Å². The second-order valence-electron chi connectivity index (χ2n) is 4.90. The van der Waals surface area contributed by atoms with Gasteiger partial charge >= 0.3 is 0 Å². The van der Waals surface area contributed by atoms with Crippen LogP contribution in [0.25, 0.3) is 0 Å². The molecule has 0 aromatic rings. The molecule has 0 aromatic heterocycles. The number of alkyl halides is 1. The summed E-state index contributed by atoms with van der Waals surface area (Å²) in [6.07, 6.45) is 6.89. The number of hydrogen-bond acceptors (Lipinski definition) is 1. The van der Waals surface area contributed by atoms with E-state index in [9.17, 15) is 4.79 Å². The third kappa shape index (κ3) is 4.44. The molecule has 1 saturated carbocycles. The van der Waals surface area contributed by atoms with Crippen LogP contribution in [-0.4, -0.2) is 17.3 Å². The van der Waals surface area contributed by atoms with Crippen molar-refractivity contribution in [2.75, 3.05) is 6.54 Å². The third-order valence-corrected chi connectivity index (χ3v) is 4.82. The van der Waals surface area contributed by atoms with Crippen LogP contribution in [0.3, 0.4) is 0 Å². The minimum Gasteiger partial charge on any atom is -0.355 e. The smallest absolute Gasteiger partial charge is 0.220 e. The summed E-state index contributed by atoms with van der Waals surface area (Å²) >= 11 is 3.68. The summed E-state index contributed by atoms with van der Waals surface area (Å²) in [5, 5.41) is 3.04. The van der Waals surface area contributed by atoms with E-state index in [2.05, 4.69) is 35.1 Å². The van der Waals surface area contributed by atoms with Crippen molar-refractivity contribution in [3.05, 3.63) is 0 Å². The number of rotatable bonds is 7. The van der Waals surface area contributed by atoms with Gasteiger partial charge in [0.1, 0.15) is 0 Å². The molecule has 0 aromatic carbocycles. The number of carbonyl (C=O) groups excluding carboxylic acids is 1. The zero-order valence-corrected chi connectivity index (χ0v) is 12.1. The molecule has 0 saturated heterocycles. The number of hydrogen-bond donors (Lipinski definition) is 1. The van der Waals surface area contributed by atoms with Crippen LogP contribution in [0.1, 0.15) is 52.4 Å². The van der Waals surface area contributed by atoms with Gasteiger partial charge in [-0.2, -0.15) is 0 Å². The van der Waals surface area contributed by atoms with Crippen molar-refractivity contribution in [2.24, 2.45) is 11.8 Å². The lowest BCUT2D eigenvalue weighted by molar-refractivity contribution is -0.122. The largest absolute Gasteiger partial charge is 0.355 e. The minimum absolute atomic E-state index is 0.236. The van der Waals surface area contributed by atoms with Crippen LogP contribution >= 0.6 is 15.9 Å². The van der Waals surface area contributed by atoms with Crippen molar-refractivity contribution >= 4 is 21.8 Å². The average molecular weight is 290 g/mol. The Labute approximate surface area is 108 Å². The minimum atomic E-state index is 0.236. The SMILES string of the molecule is CCC(CC)C(Br)CNC(=O)CC1CCC1. The first kappa shape index (κ1) is 14.0. The Bertz CT molecular complexity index is 212. The molecule has 0 heterocycles. The van der Waals surface area contributed by atoms with Crippen LogP contribution in [0.5, 0.6) is 0 Å². The highest BCUT2D eigenvalue weighted by Crippen LogP contribution is 2.29. The van der Waals surface area contributed by atoms with E-state index in [-0.39, 0.29) is 5.91 Å². The maximum Gasteiger partial charge on any atom is 0.220 e. The summed E-state index contributed by atoms with van der Waals surface area (Å²) in [6.45, 7) is 5.19. The Morgan fingerprint density at radius 3 is 2.44 bits per heavy atom. The Morgan fingerprint density at radius 1 is 1.38 bits per heavy atom. The molecule has 1 unspecified atom stereocenters. The van der Waals surface area contributed by atoms with E-state index >= 15 is 0 Å². The molecule has 1 aliphatic rings. The summed E-state index contributed by atoms with van der Waals surface area (Å²) in [6, 6.07) is 0. The van der Waals surface area contributed by atoms with Gasteiger partial charge in [0.2, 0.25) is 5.91 Å². The summed E-state index contributed by atoms with van der Waals surface area (Å²) in [5.74, 6) is 1.58. The van der Waals surface area contributed by atoms with Gasteiger partial charge in [-0.15, -0.1) is 0 Å². The Morgan fingerprint density at radius 2 is 2.00 bits per heavy atom. The van der Waals surface area contributed by atoms with Crippen LogP contribution in [-0.2, 0) is 4.79 Å². The lowest BCUT2D eigenvalue weighted by Crippen LogP contribution is -2.34. The molecule has 2 nitrogen and oxygen atoms in total. The van der Waals surface area contributed by atoms with Crippen LogP contribution in [0, 0.1) is 11.8 Å². The predicted octanol–water partition coefficient (Wildman–Crippen LogP) is 3.49. The molecule has 0 aliphatic heterocycles. The lowest BCUT2D eigenvalue weighted by atomic mass is 9.83. The fraction of sp³-hybridized carbons (Fsp3) is 0.923. The first-order valence-electron chi connectivity index (χ1n) is 6.58. The van der Waals surface area contributed by atoms with Gasteiger partial charge < -0.3 is 5.32 Å². The standard InChI is InChI=1S/C13H24BrNO/c1-3-11(4-2)12(14)9-15-13(16)8-10-6-5-7-10/h10-12H,3-9H2,1-2H3,(H,15,16). The number of amides is 1. The van der Waals surface area contributed by atoms with Crippen molar-refractivity contribution in [3.8, 4) is 0 Å². The molecule has 16 heavy (non-hydrogen) atoms. The quantitative estimate of drug-likeness (QED) is 0.714. The molecule has 1 rings (SSSR count). The molecule has 3 heteroatoms. The van der Waals surface area contributed by atoms with E-state index in [1.165, 1.54) is 32.1 Å². The van der Waals surface area contributed by atoms with E-state index in [4.69, 9.17) is 0 Å². The molecule has 1 aliphatic carbocycles. The summed E-state index contributed by atoms with van der Waals surface area (Å²) in [7, 11) is 0.